The topological polar surface area (TPSA) is 56.7 Å². The van der Waals surface area contributed by atoms with Gasteiger partial charge in [0.05, 0.1) is 40.8 Å². The summed E-state index contributed by atoms with van der Waals surface area (Å²) in [7, 11) is 0. The van der Waals surface area contributed by atoms with Gasteiger partial charge in [-0.1, -0.05) is 72.8 Å². The van der Waals surface area contributed by atoms with Gasteiger partial charge in [-0.15, -0.1) is 0 Å². The molecule has 0 N–H and O–H groups in total. The summed E-state index contributed by atoms with van der Waals surface area (Å²) >= 11 is 0. The summed E-state index contributed by atoms with van der Waals surface area (Å²) in [6.07, 6.45) is 21.4. The molecule has 3 aliphatic carbocycles. The first-order valence-corrected chi connectivity index (χ1v) is 17.2. The van der Waals surface area contributed by atoms with Crippen molar-refractivity contribution in [1.82, 2.24) is 4.57 Å². The van der Waals surface area contributed by atoms with Gasteiger partial charge in [0.15, 0.2) is 0 Å². The molecule has 2 atom stereocenters. The van der Waals surface area contributed by atoms with Crippen molar-refractivity contribution in [2.24, 2.45) is 9.98 Å². The van der Waals surface area contributed by atoms with E-state index in [0.29, 0.717) is 17.9 Å². The van der Waals surface area contributed by atoms with Crippen LogP contribution in [0.1, 0.15) is 83.4 Å². The van der Waals surface area contributed by atoms with E-state index in [1.807, 2.05) is 36.4 Å². The highest BCUT2D eigenvalue weighted by Gasteiger charge is 2.38. The van der Waals surface area contributed by atoms with Crippen LogP contribution in [-0.2, 0) is 6.42 Å². The molecule has 0 fully saturated rings. The number of halogens is 1. The molecular weight excluding hydrogens is 606 g/mol. The van der Waals surface area contributed by atoms with Crippen molar-refractivity contribution in [1.29, 1.82) is 5.26 Å². The zero-order valence-electron chi connectivity index (χ0n) is 27.1. The lowest BCUT2D eigenvalue weighted by Gasteiger charge is -2.40. The number of aromatic nitrogens is 1. The number of nitriles is 1. The standard InChI is InChI=1S/C43H34FN5/c44-32-21-18-30(19-22-32)38-25-24-37(29-16-14-28(27-45)15-17-29)46-43(47-38)49-40-13-7-5-11-35(40)36-23-20-31-26-41(42(36)49)48(33-8-2-1-3-9-33)39-12-6-4-10-34(31)39/h1-4,7-10,13-23,26,38,41H,5-6,11-12,24-25H2. The van der Waals surface area contributed by atoms with Crippen molar-refractivity contribution >= 4 is 29.5 Å². The third-order valence-corrected chi connectivity index (χ3v) is 10.3. The van der Waals surface area contributed by atoms with Crippen LogP contribution in [-0.4, -0.2) is 16.2 Å². The molecule has 0 spiro atoms. The van der Waals surface area contributed by atoms with Gasteiger partial charge in [0.2, 0.25) is 5.96 Å². The summed E-state index contributed by atoms with van der Waals surface area (Å²) in [5, 5.41) is 9.47. The van der Waals surface area contributed by atoms with Crippen molar-refractivity contribution in [3.8, 4) is 6.07 Å². The summed E-state index contributed by atoms with van der Waals surface area (Å²) in [6, 6.07) is 27.1. The van der Waals surface area contributed by atoms with Gasteiger partial charge in [0, 0.05) is 22.5 Å². The van der Waals surface area contributed by atoms with Crippen molar-refractivity contribution in [3.63, 3.8) is 0 Å². The Kier molecular flexibility index (Phi) is 7.20. The Morgan fingerprint density at radius 1 is 0.816 bits per heavy atom. The van der Waals surface area contributed by atoms with Gasteiger partial charge in [0.1, 0.15) is 5.82 Å². The fourth-order valence-corrected chi connectivity index (χ4v) is 7.99. The number of allylic oxidation sites excluding steroid dienone is 7. The molecule has 0 amide bonds. The second-order valence-electron chi connectivity index (χ2n) is 13.1. The second-order valence-corrected chi connectivity index (χ2v) is 13.1. The molecule has 5 nitrogen and oxygen atoms in total. The summed E-state index contributed by atoms with van der Waals surface area (Å²) in [5.41, 5.74) is 13.4. The lowest BCUT2D eigenvalue weighted by atomic mass is 9.89. The van der Waals surface area contributed by atoms with Gasteiger partial charge in [-0.25, -0.2) is 14.4 Å². The van der Waals surface area contributed by atoms with Crippen LogP contribution in [0.2, 0.25) is 0 Å². The molecule has 0 saturated carbocycles. The van der Waals surface area contributed by atoms with Gasteiger partial charge < -0.3 is 4.90 Å². The third-order valence-electron chi connectivity index (χ3n) is 10.3. The molecule has 6 heteroatoms. The van der Waals surface area contributed by atoms with Crippen molar-refractivity contribution in [3.05, 3.63) is 171 Å². The van der Waals surface area contributed by atoms with Crippen molar-refractivity contribution in [2.45, 2.75) is 50.6 Å². The lowest BCUT2D eigenvalue weighted by Crippen LogP contribution is -2.34. The summed E-state index contributed by atoms with van der Waals surface area (Å²) in [5.74, 6) is 0.377. The molecule has 2 unspecified atom stereocenters. The number of para-hydroxylation sites is 1. The monoisotopic (exact) mass is 639 g/mol. The molecule has 5 aliphatic rings. The van der Waals surface area contributed by atoms with Crippen LogP contribution in [0.5, 0.6) is 0 Å². The average Bonchev–Trinajstić information content (AvgIpc) is 3.24. The van der Waals surface area contributed by atoms with E-state index in [9.17, 15) is 9.65 Å². The summed E-state index contributed by atoms with van der Waals surface area (Å²) in [6.45, 7) is 0. The van der Waals surface area contributed by atoms with E-state index < -0.39 is 0 Å². The van der Waals surface area contributed by atoms with E-state index in [1.54, 1.807) is 0 Å². The van der Waals surface area contributed by atoms with Gasteiger partial charge in [-0.2, -0.15) is 5.26 Å². The SMILES string of the molecule is N#Cc1ccc(C2=NC(n3c4c(c5c3C3C=C(C=C5)C5=C(CCC=C5)N3c3ccccc3)CCC=C4)=NC(c3ccc(F)cc3)CC2)cc1. The quantitative estimate of drug-likeness (QED) is 0.224. The maximum Gasteiger partial charge on any atom is 0.230 e. The Morgan fingerprint density at radius 2 is 1.61 bits per heavy atom. The van der Waals surface area contributed by atoms with Crippen LogP contribution in [0.4, 0.5) is 10.1 Å². The molecule has 2 bridgehead atoms. The minimum absolute atomic E-state index is 0.0876. The molecule has 3 aromatic carbocycles. The average molecular weight is 640 g/mol. The highest BCUT2D eigenvalue weighted by Crippen LogP contribution is 2.48. The molecule has 49 heavy (non-hydrogen) atoms. The summed E-state index contributed by atoms with van der Waals surface area (Å²) < 4.78 is 16.4. The van der Waals surface area contributed by atoms with Gasteiger partial charge in [0.25, 0.3) is 0 Å². The zero-order valence-corrected chi connectivity index (χ0v) is 27.1. The Hall–Kier alpha value is -5.80. The van der Waals surface area contributed by atoms with E-state index in [1.165, 1.54) is 40.1 Å². The molecule has 0 radical (unpaired) electrons. The van der Waals surface area contributed by atoms with Crippen LogP contribution >= 0.6 is 0 Å². The van der Waals surface area contributed by atoms with E-state index in [2.05, 4.69) is 88.4 Å². The molecule has 0 saturated heterocycles. The third kappa shape index (κ3) is 5.05. The Morgan fingerprint density at radius 3 is 2.43 bits per heavy atom. The number of benzene rings is 3. The largest absolute Gasteiger partial charge is 0.332 e. The van der Waals surface area contributed by atoms with E-state index in [-0.39, 0.29) is 17.9 Å². The first-order valence-electron chi connectivity index (χ1n) is 17.2. The number of hydrogen-bond acceptors (Lipinski definition) is 4. The van der Waals surface area contributed by atoms with Crippen LogP contribution in [0.25, 0.3) is 12.2 Å². The molecule has 1 aromatic heterocycles. The second kappa shape index (κ2) is 12.0. The fourth-order valence-electron chi connectivity index (χ4n) is 7.99. The smallest absolute Gasteiger partial charge is 0.230 e. The number of hydrogen-bond donors (Lipinski definition) is 0. The number of nitrogens with zero attached hydrogens (tertiary/aromatic N) is 5. The van der Waals surface area contributed by atoms with Gasteiger partial charge in [-0.05, 0) is 109 Å². The van der Waals surface area contributed by atoms with E-state index >= 15 is 0 Å². The highest BCUT2D eigenvalue weighted by molar-refractivity contribution is 6.09. The van der Waals surface area contributed by atoms with Crippen LogP contribution in [0.3, 0.4) is 0 Å². The maximum absolute atomic E-state index is 14.1. The number of fused-ring (bicyclic) bond motifs is 6. The Bertz CT molecular complexity index is 2240. The molecule has 238 valence electrons. The molecule has 2 aliphatic heterocycles. The Balaban J connectivity index is 1.29. The molecule has 9 rings (SSSR count). The van der Waals surface area contributed by atoms with Crippen LogP contribution in [0.15, 0.2) is 136 Å². The lowest BCUT2D eigenvalue weighted by molar-refractivity contribution is 0.622. The van der Waals surface area contributed by atoms with Crippen molar-refractivity contribution < 1.29 is 4.39 Å². The van der Waals surface area contributed by atoms with Gasteiger partial charge in [-0.3, -0.25) is 4.57 Å². The predicted octanol–water partition coefficient (Wildman–Crippen LogP) is 9.81. The normalized spacial score (nSPS) is 20.7. The highest BCUT2D eigenvalue weighted by atomic mass is 19.1. The first kappa shape index (κ1) is 29.3. The predicted molar refractivity (Wildman–Crippen MR) is 195 cm³/mol. The van der Waals surface area contributed by atoms with Crippen LogP contribution < -0.4 is 4.90 Å². The van der Waals surface area contributed by atoms with Crippen molar-refractivity contribution in [2.75, 3.05) is 4.90 Å². The zero-order chi connectivity index (χ0) is 32.9. The number of anilines is 1. The first-order chi connectivity index (χ1) is 24.2. The molecule has 4 aromatic rings. The minimum Gasteiger partial charge on any atom is -0.332 e. The van der Waals surface area contributed by atoms with Gasteiger partial charge >= 0.3 is 0 Å². The molecular formula is C43H34FN5. The Labute approximate surface area is 285 Å². The minimum atomic E-state index is -0.259. The number of aliphatic imine (C=N–C) groups is 2. The number of rotatable bonds is 3. The van der Waals surface area contributed by atoms with Crippen LogP contribution in [0, 0.1) is 17.1 Å². The molecule has 3 heterocycles. The van der Waals surface area contributed by atoms with E-state index in [0.717, 1.165) is 66.0 Å². The van der Waals surface area contributed by atoms with E-state index in [4.69, 9.17) is 9.98 Å². The maximum atomic E-state index is 14.1. The summed E-state index contributed by atoms with van der Waals surface area (Å²) in [4.78, 5) is 13.4. The fraction of sp³-hybridized carbons (Fsp3) is 0.186.